The van der Waals surface area contributed by atoms with E-state index in [1.807, 2.05) is 0 Å². The molecule has 1 heterocycles. The Morgan fingerprint density at radius 1 is 1.65 bits per heavy atom. The van der Waals surface area contributed by atoms with Crippen molar-refractivity contribution >= 4 is 21.9 Å². The molecule has 17 heavy (non-hydrogen) atoms. The van der Waals surface area contributed by atoms with Crippen molar-refractivity contribution < 1.29 is 18.3 Å². The summed E-state index contributed by atoms with van der Waals surface area (Å²) in [5.74, 6) is -0.596. The molecule has 94 valence electrons. The van der Waals surface area contributed by atoms with Crippen molar-refractivity contribution in [2.45, 2.75) is 19.4 Å². The van der Waals surface area contributed by atoms with Gasteiger partial charge in [-0.05, 0) is 21.5 Å². The Morgan fingerprint density at radius 2 is 2.29 bits per heavy atom. The van der Waals surface area contributed by atoms with Crippen LogP contribution < -0.4 is 5.73 Å². The van der Waals surface area contributed by atoms with Crippen LogP contribution in [0.25, 0.3) is 0 Å². The van der Waals surface area contributed by atoms with E-state index in [2.05, 4.69) is 25.7 Å². The number of methoxy groups -OCH3 is 1. The van der Waals surface area contributed by atoms with E-state index in [1.165, 1.54) is 13.3 Å². The molecule has 0 saturated heterocycles. The van der Waals surface area contributed by atoms with Crippen LogP contribution in [0.2, 0.25) is 0 Å². The third-order valence-electron chi connectivity index (χ3n) is 2.22. The number of halogens is 3. The van der Waals surface area contributed by atoms with Crippen LogP contribution in [0.4, 0.5) is 8.78 Å². The summed E-state index contributed by atoms with van der Waals surface area (Å²) in [6.45, 7) is -0.110. The first-order valence-corrected chi connectivity index (χ1v) is 5.51. The van der Waals surface area contributed by atoms with Crippen LogP contribution in [-0.4, -0.2) is 18.1 Å². The number of carbonyl (C=O) groups excluding carboxylic acids is 1. The van der Waals surface area contributed by atoms with Gasteiger partial charge in [0, 0.05) is 22.8 Å². The first-order valence-electron chi connectivity index (χ1n) is 4.72. The van der Waals surface area contributed by atoms with Crippen LogP contribution in [0.5, 0.6) is 0 Å². The summed E-state index contributed by atoms with van der Waals surface area (Å²) in [7, 11) is 1.20. The number of hydrogen-bond acceptors (Lipinski definition) is 4. The van der Waals surface area contributed by atoms with Gasteiger partial charge in [0.05, 0.1) is 19.2 Å². The number of carbonyl (C=O) groups is 1. The molecule has 0 aliphatic carbocycles. The van der Waals surface area contributed by atoms with Gasteiger partial charge in [0.15, 0.2) is 0 Å². The average molecular weight is 309 g/mol. The summed E-state index contributed by atoms with van der Waals surface area (Å²) < 4.78 is 30.7. The van der Waals surface area contributed by atoms with Gasteiger partial charge in [-0.3, -0.25) is 9.78 Å². The van der Waals surface area contributed by atoms with Crippen LogP contribution in [-0.2, 0) is 22.5 Å². The predicted octanol–water partition coefficient (Wildman–Crippen LogP) is 1.96. The highest BCUT2D eigenvalue weighted by molar-refractivity contribution is 9.10. The fraction of sp³-hybridized carbons (Fsp3) is 0.400. The summed E-state index contributed by atoms with van der Waals surface area (Å²) in [4.78, 5) is 15.0. The normalized spacial score (nSPS) is 10.7. The van der Waals surface area contributed by atoms with Crippen molar-refractivity contribution in [2.75, 3.05) is 7.11 Å². The SMILES string of the molecule is COC(=O)Cc1c(Br)cnc(CN)c1C(F)F. The van der Waals surface area contributed by atoms with Gasteiger partial charge in [-0.2, -0.15) is 0 Å². The third kappa shape index (κ3) is 3.19. The molecule has 0 fully saturated rings. The minimum Gasteiger partial charge on any atom is -0.469 e. The molecule has 0 unspecified atom stereocenters. The van der Waals surface area contributed by atoms with Crippen LogP contribution >= 0.6 is 15.9 Å². The average Bonchev–Trinajstić information content (AvgIpc) is 2.30. The zero-order valence-corrected chi connectivity index (χ0v) is 10.6. The van der Waals surface area contributed by atoms with Crippen LogP contribution in [0.3, 0.4) is 0 Å². The van der Waals surface area contributed by atoms with Gasteiger partial charge in [-0.1, -0.05) is 0 Å². The number of pyridine rings is 1. The van der Waals surface area contributed by atoms with E-state index >= 15 is 0 Å². The van der Waals surface area contributed by atoms with E-state index in [0.29, 0.717) is 4.47 Å². The lowest BCUT2D eigenvalue weighted by atomic mass is 10.0. The second-order valence-electron chi connectivity index (χ2n) is 3.20. The van der Waals surface area contributed by atoms with Crippen LogP contribution in [0, 0.1) is 0 Å². The Morgan fingerprint density at radius 3 is 2.76 bits per heavy atom. The number of hydrogen-bond donors (Lipinski definition) is 1. The molecule has 0 amide bonds. The smallest absolute Gasteiger partial charge is 0.310 e. The first kappa shape index (κ1) is 14.0. The maximum Gasteiger partial charge on any atom is 0.310 e. The first-order chi connectivity index (χ1) is 8.01. The van der Waals surface area contributed by atoms with Gasteiger partial charge in [0.25, 0.3) is 6.43 Å². The fourth-order valence-corrected chi connectivity index (χ4v) is 1.86. The van der Waals surface area contributed by atoms with Gasteiger partial charge >= 0.3 is 5.97 Å². The van der Waals surface area contributed by atoms with E-state index in [1.54, 1.807) is 0 Å². The van der Waals surface area contributed by atoms with Gasteiger partial charge < -0.3 is 10.5 Å². The number of aromatic nitrogens is 1. The Balaban J connectivity index is 3.28. The van der Waals surface area contributed by atoms with Crippen molar-refractivity contribution in [1.82, 2.24) is 4.98 Å². The standard InChI is InChI=1S/C10H11BrF2N2O2/c1-17-8(16)2-5-6(11)4-15-7(3-14)9(5)10(12)13/h4,10H,2-3,14H2,1H3. The zero-order valence-electron chi connectivity index (χ0n) is 9.04. The zero-order chi connectivity index (χ0) is 13.0. The Labute approximate surface area is 105 Å². The number of esters is 1. The molecule has 0 aliphatic heterocycles. The predicted molar refractivity (Wildman–Crippen MR) is 60.5 cm³/mol. The molecule has 1 aromatic heterocycles. The molecular weight excluding hydrogens is 298 g/mol. The molecule has 0 aromatic carbocycles. The van der Waals surface area contributed by atoms with Gasteiger partial charge in [0.2, 0.25) is 0 Å². The highest BCUT2D eigenvalue weighted by Gasteiger charge is 2.22. The fourth-order valence-electron chi connectivity index (χ4n) is 1.40. The largest absolute Gasteiger partial charge is 0.469 e. The Kier molecular flexibility index (Phi) is 4.95. The second-order valence-corrected chi connectivity index (χ2v) is 4.06. The Hall–Kier alpha value is -1.08. The minimum absolute atomic E-state index is 0.0853. The van der Waals surface area contributed by atoms with Crippen molar-refractivity contribution in [1.29, 1.82) is 0 Å². The number of nitrogens with two attached hydrogens (primary N) is 1. The monoisotopic (exact) mass is 308 g/mol. The molecule has 2 N–H and O–H groups in total. The molecule has 0 bridgehead atoms. The van der Waals surface area contributed by atoms with Gasteiger partial charge in [-0.15, -0.1) is 0 Å². The molecule has 0 aliphatic rings. The summed E-state index contributed by atoms with van der Waals surface area (Å²) in [5.41, 5.74) is 5.30. The molecule has 1 aromatic rings. The molecule has 0 saturated carbocycles. The van der Waals surface area contributed by atoms with Gasteiger partial charge in [0.1, 0.15) is 0 Å². The number of rotatable bonds is 4. The second kappa shape index (κ2) is 6.02. The van der Waals surface area contributed by atoms with Crippen LogP contribution in [0.15, 0.2) is 10.7 Å². The van der Waals surface area contributed by atoms with E-state index in [9.17, 15) is 13.6 Å². The lowest BCUT2D eigenvalue weighted by Gasteiger charge is -2.13. The number of alkyl halides is 2. The third-order valence-corrected chi connectivity index (χ3v) is 2.90. The quantitative estimate of drug-likeness (QED) is 0.864. The summed E-state index contributed by atoms with van der Waals surface area (Å²) in [6, 6.07) is 0. The molecule has 4 nitrogen and oxygen atoms in total. The lowest BCUT2D eigenvalue weighted by Crippen LogP contribution is -2.13. The highest BCUT2D eigenvalue weighted by Crippen LogP contribution is 2.31. The number of ether oxygens (including phenoxy) is 1. The van der Waals surface area contributed by atoms with Crippen LogP contribution in [0.1, 0.15) is 23.2 Å². The lowest BCUT2D eigenvalue weighted by molar-refractivity contribution is -0.139. The van der Waals surface area contributed by atoms with E-state index in [-0.39, 0.29) is 29.8 Å². The van der Waals surface area contributed by atoms with Gasteiger partial charge in [-0.25, -0.2) is 8.78 Å². The van der Waals surface area contributed by atoms with Crippen molar-refractivity contribution in [3.8, 4) is 0 Å². The molecule has 7 heteroatoms. The summed E-state index contributed by atoms with van der Waals surface area (Å²) in [6.07, 6.45) is -1.63. The van der Waals surface area contributed by atoms with Crippen molar-refractivity contribution in [3.63, 3.8) is 0 Å². The molecule has 0 spiro atoms. The molecule has 0 atom stereocenters. The minimum atomic E-state index is -2.74. The van der Waals surface area contributed by atoms with E-state index in [0.717, 1.165) is 0 Å². The maximum absolute atomic E-state index is 12.9. The summed E-state index contributed by atoms with van der Waals surface area (Å²) >= 11 is 3.09. The molecule has 1 rings (SSSR count). The number of nitrogens with zero attached hydrogens (tertiary/aromatic N) is 1. The summed E-state index contributed by atoms with van der Waals surface area (Å²) in [5, 5.41) is 0. The van der Waals surface area contributed by atoms with E-state index in [4.69, 9.17) is 5.73 Å². The maximum atomic E-state index is 12.9. The molecular formula is C10H11BrF2N2O2. The van der Waals surface area contributed by atoms with Crippen molar-refractivity contribution in [3.05, 3.63) is 27.5 Å². The van der Waals surface area contributed by atoms with Crippen molar-refractivity contribution in [2.24, 2.45) is 5.73 Å². The van der Waals surface area contributed by atoms with E-state index < -0.39 is 12.4 Å². The molecule has 0 radical (unpaired) electrons. The topological polar surface area (TPSA) is 65.2 Å². The Bertz CT molecular complexity index is 427. The highest BCUT2D eigenvalue weighted by atomic mass is 79.9.